The highest BCUT2D eigenvalue weighted by Crippen LogP contribution is 1.91. The first-order valence-electron chi connectivity index (χ1n) is 4.19. The minimum absolute atomic E-state index is 0.0148. The van der Waals surface area contributed by atoms with Crippen molar-refractivity contribution < 1.29 is 9.59 Å². The molecule has 4 heteroatoms. The van der Waals surface area contributed by atoms with Crippen LogP contribution < -0.4 is 10.6 Å². The lowest BCUT2D eigenvalue weighted by Crippen LogP contribution is -2.21. The Morgan fingerprint density at radius 1 is 1.25 bits per heavy atom. The van der Waals surface area contributed by atoms with Gasteiger partial charge in [-0.25, -0.2) is 0 Å². The Bertz CT molecular complexity index is 137. The van der Waals surface area contributed by atoms with E-state index in [-0.39, 0.29) is 5.91 Å². The third-order valence-electron chi connectivity index (χ3n) is 1.46. The molecule has 0 radical (unpaired) electrons. The second-order valence-electron chi connectivity index (χ2n) is 2.62. The molecule has 0 saturated carbocycles. The number of hydrogen-bond donors (Lipinski definition) is 2. The van der Waals surface area contributed by atoms with Crippen LogP contribution in [-0.4, -0.2) is 25.4 Å². The molecule has 0 bridgehead atoms. The summed E-state index contributed by atoms with van der Waals surface area (Å²) in [7, 11) is 0. The maximum atomic E-state index is 10.4. The van der Waals surface area contributed by atoms with Crippen LogP contribution in [0.3, 0.4) is 0 Å². The molecule has 0 aromatic carbocycles. The number of amides is 2. The molecular formula is C8H16N2O2. The Morgan fingerprint density at radius 2 is 1.92 bits per heavy atom. The van der Waals surface area contributed by atoms with Crippen LogP contribution in [-0.2, 0) is 9.59 Å². The van der Waals surface area contributed by atoms with Crippen molar-refractivity contribution >= 4 is 12.3 Å². The van der Waals surface area contributed by atoms with Gasteiger partial charge in [0.15, 0.2) is 0 Å². The Kier molecular flexibility index (Phi) is 7.33. The van der Waals surface area contributed by atoms with Gasteiger partial charge in [-0.2, -0.15) is 0 Å². The van der Waals surface area contributed by atoms with Gasteiger partial charge in [0.2, 0.25) is 12.3 Å². The zero-order chi connectivity index (χ0) is 9.23. The van der Waals surface area contributed by atoms with E-state index < -0.39 is 0 Å². The minimum Gasteiger partial charge on any atom is -0.359 e. The normalized spacial score (nSPS) is 9.08. The van der Waals surface area contributed by atoms with Crippen molar-refractivity contribution in [3.05, 3.63) is 0 Å². The van der Waals surface area contributed by atoms with Gasteiger partial charge in [0.25, 0.3) is 0 Å². The second kappa shape index (κ2) is 8.04. The van der Waals surface area contributed by atoms with Gasteiger partial charge in [-0.15, -0.1) is 0 Å². The molecule has 0 aliphatic rings. The van der Waals surface area contributed by atoms with Gasteiger partial charge in [0.1, 0.15) is 0 Å². The summed E-state index contributed by atoms with van der Waals surface area (Å²) < 4.78 is 0. The lowest BCUT2D eigenvalue weighted by molar-refractivity contribution is -0.119. The van der Waals surface area contributed by atoms with Crippen molar-refractivity contribution in [2.75, 3.05) is 13.1 Å². The molecule has 4 nitrogen and oxygen atoms in total. The van der Waals surface area contributed by atoms with Crippen LogP contribution in [0.4, 0.5) is 0 Å². The Labute approximate surface area is 72.7 Å². The number of nitrogens with one attached hydrogen (secondary N) is 2. The molecule has 0 unspecified atom stereocenters. The predicted octanol–water partition coefficient (Wildman–Crippen LogP) is 0.0388. The number of rotatable bonds is 7. The van der Waals surface area contributed by atoms with Crippen molar-refractivity contribution in [2.24, 2.45) is 0 Å². The summed E-state index contributed by atoms with van der Waals surface area (Å²) in [5.41, 5.74) is 0. The van der Waals surface area contributed by atoms with Gasteiger partial charge in [0.05, 0.1) is 0 Å². The van der Waals surface area contributed by atoms with Gasteiger partial charge >= 0.3 is 0 Å². The van der Waals surface area contributed by atoms with Crippen LogP contribution in [0.2, 0.25) is 0 Å². The van der Waals surface area contributed by atoms with E-state index in [2.05, 4.69) is 10.6 Å². The number of carbonyl (C=O) groups is 2. The molecule has 2 N–H and O–H groups in total. The standard InChI is InChI=1S/C8H16N2O2/c1-8(12)10-6-4-2-3-5-9-7-11/h7H,2-6H2,1H3,(H,9,11)(H,10,12). The quantitative estimate of drug-likeness (QED) is 0.421. The van der Waals surface area contributed by atoms with Crippen molar-refractivity contribution in [3.8, 4) is 0 Å². The van der Waals surface area contributed by atoms with E-state index in [0.717, 1.165) is 32.4 Å². The summed E-state index contributed by atoms with van der Waals surface area (Å²) in [5.74, 6) is 0.0148. The third kappa shape index (κ3) is 8.94. The number of unbranched alkanes of at least 4 members (excludes halogenated alkanes) is 2. The smallest absolute Gasteiger partial charge is 0.216 e. The first-order chi connectivity index (χ1) is 5.77. The van der Waals surface area contributed by atoms with Crippen molar-refractivity contribution in [1.29, 1.82) is 0 Å². The van der Waals surface area contributed by atoms with Gasteiger partial charge < -0.3 is 10.6 Å². The van der Waals surface area contributed by atoms with E-state index in [9.17, 15) is 9.59 Å². The average molecular weight is 172 g/mol. The summed E-state index contributed by atoms with van der Waals surface area (Å²) in [6.07, 6.45) is 3.67. The van der Waals surface area contributed by atoms with Gasteiger partial charge in [-0.3, -0.25) is 9.59 Å². The summed E-state index contributed by atoms with van der Waals surface area (Å²) in [6.45, 7) is 2.97. The molecule has 0 aliphatic carbocycles. The predicted molar refractivity (Wildman–Crippen MR) is 46.6 cm³/mol. The van der Waals surface area contributed by atoms with E-state index in [1.807, 2.05) is 0 Å². The number of carbonyl (C=O) groups excluding carboxylic acids is 2. The molecule has 0 spiro atoms. The van der Waals surface area contributed by atoms with Crippen LogP contribution in [0.5, 0.6) is 0 Å². The van der Waals surface area contributed by atoms with Crippen molar-refractivity contribution in [3.63, 3.8) is 0 Å². The Hall–Kier alpha value is -1.06. The summed E-state index contributed by atoms with van der Waals surface area (Å²) in [6, 6.07) is 0. The summed E-state index contributed by atoms with van der Waals surface area (Å²) >= 11 is 0. The highest BCUT2D eigenvalue weighted by atomic mass is 16.1. The van der Waals surface area contributed by atoms with Gasteiger partial charge in [-0.1, -0.05) is 0 Å². The molecule has 2 amide bonds. The van der Waals surface area contributed by atoms with Gasteiger partial charge in [-0.05, 0) is 19.3 Å². The minimum atomic E-state index is 0.0148. The maximum Gasteiger partial charge on any atom is 0.216 e. The molecule has 0 atom stereocenters. The third-order valence-corrected chi connectivity index (χ3v) is 1.46. The molecule has 0 saturated heterocycles. The highest BCUT2D eigenvalue weighted by molar-refractivity contribution is 5.72. The lowest BCUT2D eigenvalue weighted by atomic mass is 10.2. The fraction of sp³-hybridized carbons (Fsp3) is 0.750. The first kappa shape index (κ1) is 10.9. The molecule has 0 aromatic heterocycles. The summed E-state index contributed by atoms with van der Waals surface area (Å²) in [4.78, 5) is 20.2. The number of hydrogen-bond acceptors (Lipinski definition) is 2. The molecule has 70 valence electrons. The van der Waals surface area contributed by atoms with Crippen LogP contribution in [0.15, 0.2) is 0 Å². The zero-order valence-electron chi connectivity index (χ0n) is 7.43. The fourth-order valence-electron chi connectivity index (χ4n) is 0.852. The summed E-state index contributed by atoms with van der Waals surface area (Å²) in [5, 5.41) is 5.29. The molecule has 0 heterocycles. The Morgan fingerprint density at radius 3 is 2.50 bits per heavy atom. The van der Waals surface area contributed by atoms with Crippen LogP contribution in [0.1, 0.15) is 26.2 Å². The average Bonchev–Trinajstić information content (AvgIpc) is 2.02. The van der Waals surface area contributed by atoms with Crippen LogP contribution in [0.25, 0.3) is 0 Å². The SMILES string of the molecule is CC(=O)NCCCCCNC=O. The maximum absolute atomic E-state index is 10.4. The molecular weight excluding hydrogens is 156 g/mol. The highest BCUT2D eigenvalue weighted by Gasteiger charge is 1.90. The molecule has 0 rings (SSSR count). The van der Waals surface area contributed by atoms with Crippen LogP contribution in [0, 0.1) is 0 Å². The molecule has 0 fully saturated rings. The van der Waals surface area contributed by atoms with Gasteiger partial charge in [0, 0.05) is 20.0 Å². The molecule has 12 heavy (non-hydrogen) atoms. The van der Waals surface area contributed by atoms with E-state index >= 15 is 0 Å². The van der Waals surface area contributed by atoms with Crippen LogP contribution >= 0.6 is 0 Å². The largest absolute Gasteiger partial charge is 0.359 e. The second-order valence-corrected chi connectivity index (χ2v) is 2.62. The van der Waals surface area contributed by atoms with Crippen molar-refractivity contribution in [2.45, 2.75) is 26.2 Å². The van der Waals surface area contributed by atoms with Crippen molar-refractivity contribution in [1.82, 2.24) is 10.6 Å². The zero-order valence-corrected chi connectivity index (χ0v) is 7.43. The Balaban J connectivity index is 2.90. The van der Waals surface area contributed by atoms with E-state index in [1.54, 1.807) is 0 Å². The fourth-order valence-corrected chi connectivity index (χ4v) is 0.852. The van der Waals surface area contributed by atoms with E-state index in [0.29, 0.717) is 6.41 Å². The first-order valence-corrected chi connectivity index (χ1v) is 4.19. The monoisotopic (exact) mass is 172 g/mol. The van der Waals surface area contributed by atoms with E-state index in [4.69, 9.17) is 0 Å². The van der Waals surface area contributed by atoms with E-state index in [1.165, 1.54) is 6.92 Å². The topological polar surface area (TPSA) is 58.2 Å². The lowest BCUT2D eigenvalue weighted by Gasteiger charge is -2.01. The molecule has 0 aromatic rings. The molecule has 0 aliphatic heterocycles.